The summed E-state index contributed by atoms with van der Waals surface area (Å²) in [6, 6.07) is 0. The van der Waals surface area contributed by atoms with Gasteiger partial charge in [0.2, 0.25) is 0 Å². The van der Waals surface area contributed by atoms with Gasteiger partial charge in [0.15, 0.2) is 0 Å². The second kappa shape index (κ2) is 2.89. The minimum Gasteiger partial charge on any atom is -0.313 e. The Bertz CT molecular complexity index is 114. The Balaban J connectivity index is 2.41. The van der Waals surface area contributed by atoms with Crippen molar-refractivity contribution in [3.63, 3.8) is 0 Å². The fraction of sp³-hybridized carbons (Fsp3) is 1.00. The van der Waals surface area contributed by atoms with E-state index in [0.717, 1.165) is 0 Å². The molecule has 1 fully saturated rings. The molecule has 0 unspecified atom stereocenters. The van der Waals surface area contributed by atoms with Crippen molar-refractivity contribution in [1.29, 1.82) is 0 Å². The Morgan fingerprint density at radius 2 is 2.10 bits per heavy atom. The van der Waals surface area contributed by atoms with Gasteiger partial charge >= 0.3 is 0 Å². The highest BCUT2D eigenvalue weighted by atomic mass is 15.5. The smallest absolute Gasteiger partial charge is 0.135 e. The minimum atomic E-state index is 1.22. The molecule has 0 N–H and O–H groups in total. The van der Waals surface area contributed by atoms with E-state index in [-0.39, 0.29) is 0 Å². The van der Waals surface area contributed by atoms with Crippen LogP contribution in [-0.2, 0) is 0 Å². The summed E-state index contributed by atoms with van der Waals surface area (Å²) in [5.41, 5.74) is 0. The molecule has 1 aliphatic rings. The van der Waals surface area contributed by atoms with Gasteiger partial charge in [0.1, 0.15) is 6.67 Å². The molecule has 0 radical (unpaired) electrons. The third kappa shape index (κ3) is 1.50. The predicted molar refractivity (Wildman–Crippen MR) is 43.7 cm³/mol. The van der Waals surface area contributed by atoms with Crippen molar-refractivity contribution in [1.82, 2.24) is 4.90 Å². The molecule has 1 saturated heterocycles. The van der Waals surface area contributed by atoms with Gasteiger partial charge in [0.05, 0.1) is 26.7 Å². The maximum Gasteiger partial charge on any atom is 0.135 e. The molecule has 2 heteroatoms. The molecular formula is C8H19N2+. The van der Waals surface area contributed by atoms with Gasteiger partial charge in [-0.05, 0) is 6.92 Å². The molecule has 0 aliphatic carbocycles. The second-order valence-electron chi connectivity index (χ2n) is 3.51. The zero-order chi connectivity index (χ0) is 7.61. The van der Waals surface area contributed by atoms with Crippen molar-refractivity contribution >= 4 is 0 Å². The standard InChI is InChI=1S/C8H19N2/c1-4-9-6-7-10(3,5-2)8-9/h4-8H2,1-3H3/q+1/t10-/m1/s1. The average Bonchev–Trinajstić information content (AvgIpc) is 2.33. The van der Waals surface area contributed by atoms with Crippen molar-refractivity contribution < 1.29 is 4.48 Å². The van der Waals surface area contributed by atoms with Gasteiger partial charge in [-0.25, -0.2) is 0 Å². The van der Waals surface area contributed by atoms with Crippen molar-refractivity contribution in [3.05, 3.63) is 0 Å². The monoisotopic (exact) mass is 143 g/mol. The van der Waals surface area contributed by atoms with Gasteiger partial charge in [-0.2, -0.15) is 0 Å². The third-order valence-electron chi connectivity index (χ3n) is 2.71. The van der Waals surface area contributed by atoms with Crippen molar-refractivity contribution in [2.45, 2.75) is 13.8 Å². The molecule has 0 amide bonds. The number of rotatable bonds is 2. The van der Waals surface area contributed by atoms with Crippen LogP contribution < -0.4 is 0 Å². The summed E-state index contributed by atoms with van der Waals surface area (Å²) < 4.78 is 1.24. The lowest BCUT2D eigenvalue weighted by atomic mass is 10.5. The molecule has 0 aromatic heterocycles. The largest absolute Gasteiger partial charge is 0.313 e. The normalized spacial score (nSPS) is 35.1. The van der Waals surface area contributed by atoms with E-state index in [1.54, 1.807) is 0 Å². The van der Waals surface area contributed by atoms with E-state index in [9.17, 15) is 0 Å². The van der Waals surface area contributed by atoms with Crippen LogP contribution in [0.1, 0.15) is 13.8 Å². The SMILES string of the molecule is CCN1CC[N@@+](C)(CC)C1. The summed E-state index contributed by atoms with van der Waals surface area (Å²) in [6.07, 6.45) is 0. The molecule has 0 aromatic rings. The Morgan fingerprint density at radius 1 is 1.40 bits per heavy atom. The van der Waals surface area contributed by atoms with Crippen LogP contribution in [0.2, 0.25) is 0 Å². The van der Waals surface area contributed by atoms with Crippen molar-refractivity contribution in [2.24, 2.45) is 0 Å². The lowest BCUT2D eigenvalue weighted by molar-refractivity contribution is -0.900. The Morgan fingerprint density at radius 3 is 2.40 bits per heavy atom. The van der Waals surface area contributed by atoms with Crippen LogP contribution in [0.3, 0.4) is 0 Å². The summed E-state index contributed by atoms with van der Waals surface area (Å²) in [5.74, 6) is 0. The number of hydrogen-bond donors (Lipinski definition) is 0. The summed E-state index contributed by atoms with van der Waals surface area (Å²) >= 11 is 0. The second-order valence-corrected chi connectivity index (χ2v) is 3.51. The van der Waals surface area contributed by atoms with Gasteiger partial charge in [0.25, 0.3) is 0 Å². The fourth-order valence-electron chi connectivity index (χ4n) is 1.52. The maximum atomic E-state index is 2.52. The van der Waals surface area contributed by atoms with E-state index >= 15 is 0 Å². The van der Waals surface area contributed by atoms with E-state index in [4.69, 9.17) is 0 Å². The molecule has 1 rings (SSSR count). The van der Waals surface area contributed by atoms with Gasteiger partial charge in [-0.1, -0.05) is 6.92 Å². The maximum absolute atomic E-state index is 2.52. The molecule has 0 spiro atoms. The van der Waals surface area contributed by atoms with Crippen LogP contribution in [-0.4, -0.2) is 49.3 Å². The van der Waals surface area contributed by atoms with E-state index in [1.165, 1.54) is 37.3 Å². The molecule has 0 bridgehead atoms. The topological polar surface area (TPSA) is 3.24 Å². The Kier molecular flexibility index (Phi) is 2.32. The first kappa shape index (κ1) is 8.02. The van der Waals surface area contributed by atoms with Crippen LogP contribution in [0.5, 0.6) is 0 Å². The lowest BCUT2D eigenvalue weighted by Gasteiger charge is -2.27. The highest BCUT2D eigenvalue weighted by Crippen LogP contribution is 2.11. The molecule has 1 heterocycles. The molecule has 10 heavy (non-hydrogen) atoms. The number of likely N-dealkylation sites (N-methyl/N-ethyl adjacent to an activating group) is 2. The molecule has 0 saturated carbocycles. The number of nitrogens with zero attached hydrogens (tertiary/aromatic N) is 2. The molecule has 60 valence electrons. The predicted octanol–water partition coefficient (Wildman–Crippen LogP) is 0.746. The first-order valence-electron chi connectivity index (χ1n) is 4.26. The highest BCUT2D eigenvalue weighted by Gasteiger charge is 2.29. The van der Waals surface area contributed by atoms with Crippen molar-refractivity contribution in [3.8, 4) is 0 Å². The van der Waals surface area contributed by atoms with Crippen molar-refractivity contribution in [2.75, 3.05) is 39.9 Å². The Labute approximate surface area is 64.0 Å². The van der Waals surface area contributed by atoms with Crippen LogP contribution >= 0.6 is 0 Å². The fourth-order valence-corrected chi connectivity index (χ4v) is 1.52. The summed E-state index contributed by atoms with van der Waals surface area (Å²) in [7, 11) is 2.34. The molecular weight excluding hydrogens is 124 g/mol. The van der Waals surface area contributed by atoms with E-state index in [2.05, 4.69) is 25.8 Å². The zero-order valence-electron chi connectivity index (χ0n) is 7.43. The van der Waals surface area contributed by atoms with Crippen LogP contribution in [0, 0.1) is 0 Å². The summed E-state index contributed by atoms with van der Waals surface area (Å²) in [6.45, 7) is 10.9. The summed E-state index contributed by atoms with van der Waals surface area (Å²) in [4.78, 5) is 2.52. The van der Waals surface area contributed by atoms with E-state index in [0.29, 0.717) is 0 Å². The number of quaternary nitrogens is 1. The molecule has 1 atom stereocenters. The molecule has 1 aliphatic heterocycles. The molecule has 0 aromatic carbocycles. The van der Waals surface area contributed by atoms with E-state index < -0.39 is 0 Å². The van der Waals surface area contributed by atoms with Gasteiger partial charge in [-0.15, -0.1) is 0 Å². The Hall–Kier alpha value is -0.0800. The van der Waals surface area contributed by atoms with Gasteiger partial charge in [-0.3, -0.25) is 4.90 Å². The lowest BCUT2D eigenvalue weighted by Crippen LogP contribution is -2.42. The van der Waals surface area contributed by atoms with Crippen LogP contribution in [0.15, 0.2) is 0 Å². The van der Waals surface area contributed by atoms with Gasteiger partial charge < -0.3 is 4.48 Å². The van der Waals surface area contributed by atoms with E-state index in [1.807, 2.05) is 0 Å². The molecule has 2 nitrogen and oxygen atoms in total. The van der Waals surface area contributed by atoms with Crippen LogP contribution in [0.4, 0.5) is 0 Å². The highest BCUT2D eigenvalue weighted by molar-refractivity contribution is 4.56. The minimum absolute atomic E-state index is 1.22. The third-order valence-corrected chi connectivity index (χ3v) is 2.71. The quantitative estimate of drug-likeness (QED) is 0.515. The van der Waals surface area contributed by atoms with Crippen LogP contribution in [0.25, 0.3) is 0 Å². The number of hydrogen-bond acceptors (Lipinski definition) is 1. The zero-order valence-corrected chi connectivity index (χ0v) is 7.43. The van der Waals surface area contributed by atoms with Gasteiger partial charge in [0, 0.05) is 6.54 Å². The summed E-state index contributed by atoms with van der Waals surface area (Å²) in [5, 5.41) is 0. The average molecular weight is 143 g/mol. The first-order chi connectivity index (χ1) is 4.70. The first-order valence-corrected chi connectivity index (χ1v) is 4.26.